The highest BCUT2D eigenvalue weighted by molar-refractivity contribution is 9.09. The van der Waals surface area contributed by atoms with E-state index in [4.69, 9.17) is 0 Å². The standard InChI is InChI=1S/C7H9BrO2/c1-4-10-7(9)5(2)6(3)8/h4,6H,1-2H2,3H3. The van der Waals surface area contributed by atoms with Gasteiger partial charge in [0.15, 0.2) is 0 Å². The van der Waals surface area contributed by atoms with E-state index < -0.39 is 5.97 Å². The van der Waals surface area contributed by atoms with Crippen molar-refractivity contribution < 1.29 is 9.53 Å². The third-order valence-electron chi connectivity index (χ3n) is 0.933. The van der Waals surface area contributed by atoms with Crippen LogP contribution in [0.3, 0.4) is 0 Å². The number of halogens is 1. The van der Waals surface area contributed by atoms with Crippen LogP contribution in [0.15, 0.2) is 25.0 Å². The lowest BCUT2D eigenvalue weighted by Crippen LogP contribution is -2.09. The Morgan fingerprint density at radius 1 is 1.80 bits per heavy atom. The van der Waals surface area contributed by atoms with Crippen LogP contribution in [-0.4, -0.2) is 10.8 Å². The molecular weight excluding hydrogens is 196 g/mol. The van der Waals surface area contributed by atoms with Crippen molar-refractivity contribution in [3.8, 4) is 0 Å². The molecule has 0 bridgehead atoms. The van der Waals surface area contributed by atoms with Crippen LogP contribution in [-0.2, 0) is 9.53 Å². The van der Waals surface area contributed by atoms with Crippen molar-refractivity contribution in [2.45, 2.75) is 11.8 Å². The van der Waals surface area contributed by atoms with E-state index in [9.17, 15) is 4.79 Å². The molecule has 0 amide bonds. The number of hydrogen-bond acceptors (Lipinski definition) is 2. The molecule has 0 aromatic carbocycles. The molecular formula is C7H9BrO2. The van der Waals surface area contributed by atoms with Crippen molar-refractivity contribution in [1.29, 1.82) is 0 Å². The Balaban J connectivity index is 3.95. The van der Waals surface area contributed by atoms with Gasteiger partial charge in [0.1, 0.15) is 0 Å². The highest BCUT2D eigenvalue weighted by atomic mass is 79.9. The van der Waals surface area contributed by atoms with Crippen LogP contribution >= 0.6 is 15.9 Å². The zero-order valence-corrected chi connectivity index (χ0v) is 7.35. The summed E-state index contributed by atoms with van der Waals surface area (Å²) in [6.07, 6.45) is 1.09. The lowest BCUT2D eigenvalue weighted by molar-refractivity contribution is -0.133. The second-order valence-electron chi connectivity index (χ2n) is 1.71. The van der Waals surface area contributed by atoms with Crippen molar-refractivity contribution in [1.82, 2.24) is 0 Å². The van der Waals surface area contributed by atoms with Gasteiger partial charge in [0.25, 0.3) is 0 Å². The van der Waals surface area contributed by atoms with Gasteiger partial charge in [-0.2, -0.15) is 0 Å². The normalized spacial score (nSPS) is 11.8. The van der Waals surface area contributed by atoms with Crippen molar-refractivity contribution in [2.24, 2.45) is 0 Å². The van der Waals surface area contributed by atoms with Gasteiger partial charge in [0.05, 0.1) is 6.26 Å². The first-order chi connectivity index (χ1) is 4.59. The summed E-state index contributed by atoms with van der Waals surface area (Å²) >= 11 is 3.18. The van der Waals surface area contributed by atoms with Gasteiger partial charge < -0.3 is 4.74 Å². The van der Waals surface area contributed by atoms with Crippen molar-refractivity contribution >= 4 is 21.9 Å². The summed E-state index contributed by atoms with van der Waals surface area (Å²) in [6, 6.07) is 0. The van der Waals surface area contributed by atoms with Crippen LogP contribution in [0.5, 0.6) is 0 Å². The molecule has 1 unspecified atom stereocenters. The summed E-state index contributed by atoms with van der Waals surface area (Å²) in [7, 11) is 0. The molecule has 0 aliphatic rings. The first-order valence-electron chi connectivity index (χ1n) is 2.74. The van der Waals surface area contributed by atoms with Crippen LogP contribution < -0.4 is 0 Å². The molecule has 0 spiro atoms. The summed E-state index contributed by atoms with van der Waals surface area (Å²) in [5, 5.41) is 0. The Kier molecular flexibility index (Phi) is 4.03. The minimum atomic E-state index is -0.445. The fourth-order valence-corrected chi connectivity index (χ4v) is 0.501. The van der Waals surface area contributed by atoms with Gasteiger partial charge in [-0.1, -0.05) is 29.1 Å². The van der Waals surface area contributed by atoms with Crippen LogP contribution in [0.25, 0.3) is 0 Å². The molecule has 0 aromatic heterocycles. The highest BCUT2D eigenvalue weighted by Crippen LogP contribution is 2.10. The molecule has 0 rings (SSSR count). The Morgan fingerprint density at radius 3 is 2.60 bits per heavy atom. The molecule has 1 atom stereocenters. The van der Waals surface area contributed by atoms with Crippen molar-refractivity contribution in [3.63, 3.8) is 0 Å². The van der Waals surface area contributed by atoms with E-state index in [-0.39, 0.29) is 4.83 Å². The number of hydrogen-bond donors (Lipinski definition) is 0. The number of carbonyl (C=O) groups is 1. The number of rotatable bonds is 3. The molecule has 0 aliphatic carbocycles. The van der Waals surface area contributed by atoms with E-state index in [1.807, 2.05) is 0 Å². The van der Waals surface area contributed by atoms with Crippen LogP contribution in [0.2, 0.25) is 0 Å². The predicted molar refractivity (Wildman–Crippen MR) is 43.8 cm³/mol. The maximum absolute atomic E-state index is 10.8. The number of esters is 1. The topological polar surface area (TPSA) is 26.3 Å². The molecule has 10 heavy (non-hydrogen) atoms. The van der Waals surface area contributed by atoms with Crippen LogP contribution in [0, 0.1) is 0 Å². The van der Waals surface area contributed by atoms with Crippen LogP contribution in [0.1, 0.15) is 6.92 Å². The fraction of sp³-hybridized carbons (Fsp3) is 0.286. The van der Waals surface area contributed by atoms with E-state index in [1.165, 1.54) is 0 Å². The summed E-state index contributed by atoms with van der Waals surface area (Å²) in [6.45, 7) is 8.54. The average molecular weight is 205 g/mol. The SMILES string of the molecule is C=COC(=O)C(=C)C(C)Br. The van der Waals surface area contributed by atoms with Gasteiger partial charge in [-0.3, -0.25) is 0 Å². The Bertz CT molecular complexity index is 161. The number of alkyl halides is 1. The first-order valence-corrected chi connectivity index (χ1v) is 3.66. The largest absolute Gasteiger partial charge is 0.432 e. The van der Waals surface area contributed by atoms with Gasteiger partial charge in [0, 0.05) is 10.4 Å². The Morgan fingerprint density at radius 2 is 2.30 bits per heavy atom. The van der Waals surface area contributed by atoms with E-state index >= 15 is 0 Å². The monoisotopic (exact) mass is 204 g/mol. The van der Waals surface area contributed by atoms with Gasteiger partial charge >= 0.3 is 5.97 Å². The van der Waals surface area contributed by atoms with Gasteiger partial charge in [-0.05, 0) is 6.92 Å². The molecule has 0 saturated heterocycles. The third kappa shape index (κ3) is 2.82. The van der Waals surface area contributed by atoms with Gasteiger partial charge in [-0.15, -0.1) is 0 Å². The molecule has 0 aliphatic heterocycles. The van der Waals surface area contributed by atoms with E-state index in [1.54, 1.807) is 6.92 Å². The molecule has 56 valence electrons. The summed E-state index contributed by atoms with van der Waals surface area (Å²) < 4.78 is 4.46. The zero-order valence-electron chi connectivity index (χ0n) is 5.76. The predicted octanol–water partition coefficient (Wildman–Crippen LogP) is 2.01. The minimum Gasteiger partial charge on any atom is -0.432 e. The molecule has 0 radical (unpaired) electrons. The van der Waals surface area contributed by atoms with E-state index in [2.05, 4.69) is 33.8 Å². The maximum atomic E-state index is 10.8. The lowest BCUT2D eigenvalue weighted by atomic mass is 10.2. The minimum absolute atomic E-state index is 0.0556. The zero-order chi connectivity index (χ0) is 8.15. The molecule has 0 fully saturated rings. The highest BCUT2D eigenvalue weighted by Gasteiger charge is 2.11. The van der Waals surface area contributed by atoms with Gasteiger partial charge in [-0.25, -0.2) is 4.79 Å². The first kappa shape index (κ1) is 9.43. The second kappa shape index (κ2) is 4.28. The molecule has 0 heterocycles. The molecule has 0 N–H and O–H groups in total. The van der Waals surface area contributed by atoms with E-state index in [0.29, 0.717) is 5.57 Å². The molecule has 3 heteroatoms. The van der Waals surface area contributed by atoms with Crippen molar-refractivity contribution in [2.75, 3.05) is 0 Å². The number of carbonyl (C=O) groups excluding carboxylic acids is 1. The lowest BCUT2D eigenvalue weighted by Gasteiger charge is -2.03. The average Bonchev–Trinajstić information content (AvgIpc) is 1.87. The van der Waals surface area contributed by atoms with Gasteiger partial charge in [0.2, 0.25) is 0 Å². The van der Waals surface area contributed by atoms with Crippen molar-refractivity contribution in [3.05, 3.63) is 25.0 Å². The third-order valence-corrected chi connectivity index (χ3v) is 1.49. The van der Waals surface area contributed by atoms with E-state index in [0.717, 1.165) is 6.26 Å². The smallest absolute Gasteiger partial charge is 0.339 e. The quantitative estimate of drug-likeness (QED) is 0.305. The maximum Gasteiger partial charge on any atom is 0.339 e. The summed E-state index contributed by atoms with van der Waals surface area (Å²) in [4.78, 5) is 10.7. The molecule has 0 aromatic rings. The number of ether oxygens (including phenoxy) is 1. The Labute approximate surface area is 68.7 Å². The second-order valence-corrected chi connectivity index (χ2v) is 3.09. The summed E-state index contributed by atoms with van der Waals surface area (Å²) in [5.41, 5.74) is 0.389. The fourth-order valence-electron chi connectivity index (χ4n) is 0.314. The molecule has 2 nitrogen and oxygen atoms in total. The Hall–Kier alpha value is -0.570. The van der Waals surface area contributed by atoms with Crippen LogP contribution in [0.4, 0.5) is 0 Å². The molecule has 0 saturated carbocycles. The summed E-state index contributed by atoms with van der Waals surface area (Å²) in [5.74, 6) is -0.445.